The highest BCUT2D eigenvalue weighted by molar-refractivity contribution is 6.32. The van der Waals surface area contributed by atoms with Gasteiger partial charge in [0, 0.05) is 5.41 Å². The maximum atomic E-state index is 9.43. The summed E-state index contributed by atoms with van der Waals surface area (Å²) in [7, 11) is 0. The Morgan fingerprint density at radius 2 is 1.75 bits per heavy atom. The lowest BCUT2D eigenvalue weighted by Gasteiger charge is -2.29. The predicted molar refractivity (Wildman–Crippen MR) is 64.9 cm³/mol. The van der Waals surface area contributed by atoms with Gasteiger partial charge in [-0.2, -0.15) is 0 Å². The average Bonchev–Trinajstić information content (AvgIpc) is 2.24. The van der Waals surface area contributed by atoms with E-state index in [4.69, 9.17) is 23.2 Å². The fourth-order valence-corrected chi connectivity index (χ4v) is 1.99. The van der Waals surface area contributed by atoms with Gasteiger partial charge in [-0.3, -0.25) is 0 Å². The van der Waals surface area contributed by atoms with E-state index in [2.05, 4.69) is 11.6 Å². The van der Waals surface area contributed by atoms with E-state index in [1.165, 1.54) is 0 Å². The summed E-state index contributed by atoms with van der Waals surface area (Å²) in [4.78, 5) is 3.82. The Balaban J connectivity index is 3.24. The van der Waals surface area contributed by atoms with Gasteiger partial charge < -0.3 is 10.2 Å². The third-order valence-corrected chi connectivity index (χ3v) is 2.90. The Morgan fingerprint density at radius 1 is 1.25 bits per heavy atom. The maximum Gasteiger partial charge on any atom is 0.131 e. The summed E-state index contributed by atoms with van der Waals surface area (Å²) in [5.74, 6) is 0. The molecule has 0 amide bonds. The number of rotatable bonds is 5. The number of halogens is 2. The molecule has 0 unspecified atom stereocenters. The number of hydrogen-bond acceptors (Lipinski definition) is 3. The highest BCUT2D eigenvalue weighted by Gasteiger charge is 2.30. The molecule has 1 heterocycles. The van der Waals surface area contributed by atoms with E-state index in [0.717, 1.165) is 0 Å². The zero-order valence-corrected chi connectivity index (χ0v) is 10.2. The summed E-state index contributed by atoms with van der Waals surface area (Å²) in [5.41, 5.74) is -0.153. The van der Waals surface area contributed by atoms with Crippen molar-refractivity contribution in [1.82, 2.24) is 4.98 Å². The van der Waals surface area contributed by atoms with E-state index >= 15 is 0 Å². The maximum absolute atomic E-state index is 9.43. The molecule has 1 rings (SSSR count). The number of hydrogen-bond donors (Lipinski definition) is 2. The normalized spacial score (nSPS) is 11.5. The monoisotopic (exact) mass is 261 g/mol. The van der Waals surface area contributed by atoms with Crippen LogP contribution < -0.4 is 0 Å². The van der Waals surface area contributed by atoms with Crippen molar-refractivity contribution in [3.05, 3.63) is 40.7 Å². The van der Waals surface area contributed by atoms with Gasteiger partial charge >= 0.3 is 0 Å². The SMILES string of the molecule is C=CCC(CO)(CO)c1cc(Cl)nc(Cl)c1. The van der Waals surface area contributed by atoms with E-state index < -0.39 is 5.41 Å². The van der Waals surface area contributed by atoms with Crippen LogP contribution in [0.2, 0.25) is 10.3 Å². The molecule has 2 N–H and O–H groups in total. The first-order valence-corrected chi connectivity index (χ1v) is 5.50. The van der Waals surface area contributed by atoms with E-state index in [9.17, 15) is 10.2 Å². The third-order valence-electron chi connectivity index (χ3n) is 2.52. The molecule has 5 heteroatoms. The van der Waals surface area contributed by atoms with Crippen LogP contribution in [0.4, 0.5) is 0 Å². The highest BCUT2D eigenvalue weighted by atomic mass is 35.5. The number of allylic oxidation sites excluding steroid dienone is 1. The van der Waals surface area contributed by atoms with E-state index in [1.807, 2.05) is 0 Å². The predicted octanol–water partition coefficient (Wildman–Crippen LogP) is 2.19. The van der Waals surface area contributed by atoms with Crippen molar-refractivity contribution in [2.45, 2.75) is 11.8 Å². The molecule has 0 fully saturated rings. The number of aromatic nitrogens is 1. The van der Waals surface area contributed by atoms with Gasteiger partial charge in [0.25, 0.3) is 0 Å². The smallest absolute Gasteiger partial charge is 0.131 e. The van der Waals surface area contributed by atoms with Crippen molar-refractivity contribution >= 4 is 23.2 Å². The number of aliphatic hydroxyl groups is 2. The summed E-state index contributed by atoms with van der Waals surface area (Å²) >= 11 is 11.6. The molecule has 0 saturated heterocycles. The van der Waals surface area contributed by atoms with Crippen LogP contribution >= 0.6 is 23.2 Å². The molecule has 0 saturated carbocycles. The van der Waals surface area contributed by atoms with Crippen molar-refractivity contribution in [1.29, 1.82) is 0 Å². The molecule has 16 heavy (non-hydrogen) atoms. The van der Waals surface area contributed by atoms with Gasteiger partial charge in [-0.1, -0.05) is 29.3 Å². The lowest BCUT2D eigenvalue weighted by atomic mass is 9.79. The number of nitrogens with zero attached hydrogens (tertiary/aromatic N) is 1. The van der Waals surface area contributed by atoms with Crippen LogP contribution in [0.15, 0.2) is 24.8 Å². The second-order valence-corrected chi connectivity index (χ2v) is 4.37. The summed E-state index contributed by atoms with van der Waals surface area (Å²) < 4.78 is 0. The second kappa shape index (κ2) is 5.64. The molecule has 0 radical (unpaired) electrons. The molecule has 0 bridgehead atoms. The molecular weight excluding hydrogens is 249 g/mol. The van der Waals surface area contributed by atoms with Gasteiger partial charge in [0.05, 0.1) is 13.2 Å². The lowest BCUT2D eigenvalue weighted by molar-refractivity contribution is 0.118. The van der Waals surface area contributed by atoms with Gasteiger partial charge in [-0.05, 0) is 24.1 Å². The van der Waals surface area contributed by atoms with Crippen molar-refractivity contribution in [2.75, 3.05) is 13.2 Å². The summed E-state index contributed by atoms with van der Waals surface area (Å²) in [6.07, 6.45) is 2.06. The van der Waals surface area contributed by atoms with Gasteiger partial charge in [0.2, 0.25) is 0 Å². The fourth-order valence-electron chi connectivity index (χ4n) is 1.53. The van der Waals surface area contributed by atoms with Gasteiger partial charge in [0.1, 0.15) is 10.3 Å². The molecule has 0 aliphatic carbocycles. The van der Waals surface area contributed by atoms with Crippen LogP contribution in [-0.2, 0) is 5.41 Å². The quantitative estimate of drug-likeness (QED) is 0.631. The summed E-state index contributed by atoms with van der Waals surface area (Å²) in [5, 5.41) is 19.3. The summed E-state index contributed by atoms with van der Waals surface area (Å²) in [6, 6.07) is 3.17. The Kier molecular flexibility index (Phi) is 4.74. The number of aliphatic hydroxyl groups excluding tert-OH is 2. The molecule has 1 aromatic heterocycles. The largest absolute Gasteiger partial charge is 0.395 e. The first-order valence-electron chi connectivity index (χ1n) is 4.74. The van der Waals surface area contributed by atoms with Crippen LogP contribution in [0.25, 0.3) is 0 Å². The molecule has 0 aromatic carbocycles. The lowest BCUT2D eigenvalue weighted by Crippen LogP contribution is -2.34. The molecule has 0 spiro atoms. The minimum Gasteiger partial charge on any atom is -0.395 e. The van der Waals surface area contributed by atoms with E-state index in [-0.39, 0.29) is 23.5 Å². The fraction of sp³-hybridized carbons (Fsp3) is 0.364. The molecule has 0 aliphatic heterocycles. The minimum atomic E-state index is -0.808. The zero-order valence-electron chi connectivity index (χ0n) is 8.66. The van der Waals surface area contributed by atoms with Crippen LogP contribution in [-0.4, -0.2) is 28.4 Å². The van der Waals surface area contributed by atoms with Crippen molar-refractivity contribution in [3.8, 4) is 0 Å². The minimum absolute atomic E-state index is 0.216. The van der Waals surface area contributed by atoms with Crippen molar-refractivity contribution in [2.24, 2.45) is 0 Å². The summed E-state index contributed by atoms with van der Waals surface area (Å²) in [6.45, 7) is 3.18. The Bertz CT molecular complexity index is 358. The first kappa shape index (κ1) is 13.5. The second-order valence-electron chi connectivity index (χ2n) is 3.59. The van der Waals surface area contributed by atoms with Gasteiger partial charge in [0.15, 0.2) is 0 Å². The molecule has 88 valence electrons. The standard InChI is InChI=1S/C11H13Cl2NO2/c1-2-3-11(6-15,7-16)8-4-9(12)14-10(13)5-8/h2,4-5,15-16H,1,3,6-7H2. The molecule has 0 aliphatic rings. The van der Waals surface area contributed by atoms with E-state index in [0.29, 0.717) is 12.0 Å². The Labute approximate surface area is 104 Å². The Morgan fingerprint density at radius 3 is 2.12 bits per heavy atom. The van der Waals surface area contributed by atoms with Crippen molar-refractivity contribution in [3.63, 3.8) is 0 Å². The third kappa shape index (κ3) is 2.74. The molecule has 1 aromatic rings. The van der Waals surface area contributed by atoms with Crippen LogP contribution in [0.5, 0.6) is 0 Å². The van der Waals surface area contributed by atoms with E-state index in [1.54, 1.807) is 18.2 Å². The zero-order chi connectivity index (χ0) is 12.2. The highest BCUT2D eigenvalue weighted by Crippen LogP contribution is 2.30. The van der Waals surface area contributed by atoms with Crippen LogP contribution in [0, 0.1) is 0 Å². The average molecular weight is 262 g/mol. The van der Waals surface area contributed by atoms with Crippen LogP contribution in [0.3, 0.4) is 0 Å². The number of pyridine rings is 1. The van der Waals surface area contributed by atoms with Crippen LogP contribution in [0.1, 0.15) is 12.0 Å². The first-order chi connectivity index (χ1) is 7.57. The molecule has 3 nitrogen and oxygen atoms in total. The topological polar surface area (TPSA) is 53.4 Å². The van der Waals surface area contributed by atoms with Gasteiger partial charge in [-0.15, -0.1) is 6.58 Å². The molecular formula is C11H13Cl2NO2. The molecule has 0 atom stereocenters. The van der Waals surface area contributed by atoms with Gasteiger partial charge in [-0.25, -0.2) is 4.98 Å². The van der Waals surface area contributed by atoms with Crippen molar-refractivity contribution < 1.29 is 10.2 Å². The Hall–Kier alpha value is -0.610.